The molecule has 0 unspecified atom stereocenters. The van der Waals surface area contributed by atoms with Crippen LogP contribution in [0, 0.1) is 17.1 Å². The van der Waals surface area contributed by atoms with Crippen molar-refractivity contribution in [3.63, 3.8) is 0 Å². The summed E-state index contributed by atoms with van der Waals surface area (Å²) in [5, 5.41) is 14.0. The van der Waals surface area contributed by atoms with E-state index in [2.05, 4.69) is 5.10 Å². The molecule has 5 nitrogen and oxygen atoms in total. The zero-order chi connectivity index (χ0) is 21.4. The van der Waals surface area contributed by atoms with Gasteiger partial charge in [-0.05, 0) is 42.5 Å². The minimum Gasteiger partial charge on any atom is -0.334 e. The fraction of sp³-hybridized carbons (Fsp3) is 0.320. The molecule has 1 aliphatic carbocycles. The van der Waals surface area contributed by atoms with Crippen molar-refractivity contribution in [2.75, 3.05) is 6.54 Å². The van der Waals surface area contributed by atoms with E-state index in [1.165, 1.54) is 6.07 Å². The Morgan fingerprint density at radius 2 is 1.90 bits per heavy atom. The van der Waals surface area contributed by atoms with Gasteiger partial charge in [-0.1, -0.05) is 37.1 Å². The van der Waals surface area contributed by atoms with E-state index in [0.29, 0.717) is 19.5 Å². The van der Waals surface area contributed by atoms with Crippen LogP contribution in [0.25, 0.3) is 5.69 Å². The van der Waals surface area contributed by atoms with Gasteiger partial charge in [-0.25, -0.2) is 9.07 Å². The SMILES string of the molecule is N#Cc1ccc(C2CCCC2)c(C(=O)N2CCc3nn(-c4ccccc4)cc3C2)c1F. The van der Waals surface area contributed by atoms with E-state index >= 15 is 4.39 Å². The minimum absolute atomic E-state index is 0.0697. The molecule has 0 N–H and O–H groups in total. The first-order chi connectivity index (χ1) is 15.2. The van der Waals surface area contributed by atoms with Crippen LogP contribution < -0.4 is 0 Å². The summed E-state index contributed by atoms with van der Waals surface area (Å²) in [6.45, 7) is 0.874. The number of benzene rings is 2. The van der Waals surface area contributed by atoms with E-state index in [1.54, 1.807) is 11.0 Å². The molecule has 5 rings (SSSR count). The van der Waals surface area contributed by atoms with Crippen molar-refractivity contribution in [1.82, 2.24) is 14.7 Å². The van der Waals surface area contributed by atoms with Crippen molar-refractivity contribution in [3.8, 4) is 11.8 Å². The van der Waals surface area contributed by atoms with Crippen LogP contribution in [-0.4, -0.2) is 27.1 Å². The van der Waals surface area contributed by atoms with Gasteiger partial charge in [0.1, 0.15) is 6.07 Å². The number of halogens is 1. The molecule has 3 aromatic rings. The molecule has 6 heteroatoms. The second-order valence-corrected chi connectivity index (χ2v) is 8.34. The van der Waals surface area contributed by atoms with Crippen molar-refractivity contribution >= 4 is 5.91 Å². The third kappa shape index (κ3) is 3.50. The number of fused-ring (bicyclic) bond motifs is 1. The van der Waals surface area contributed by atoms with Gasteiger partial charge >= 0.3 is 0 Å². The zero-order valence-electron chi connectivity index (χ0n) is 17.2. The molecule has 31 heavy (non-hydrogen) atoms. The Labute approximate surface area is 180 Å². The number of nitrogens with zero attached hydrogens (tertiary/aromatic N) is 4. The van der Waals surface area contributed by atoms with E-state index in [-0.39, 0.29) is 23.0 Å². The number of amides is 1. The van der Waals surface area contributed by atoms with Crippen molar-refractivity contribution < 1.29 is 9.18 Å². The van der Waals surface area contributed by atoms with Gasteiger partial charge in [0.2, 0.25) is 0 Å². The van der Waals surface area contributed by atoms with Crippen LogP contribution in [0.15, 0.2) is 48.7 Å². The molecule has 2 heterocycles. The molecule has 0 bridgehead atoms. The Morgan fingerprint density at radius 3 is 2.65 bits per heavy atom. The predicted octanol–water partition coefficient (Wildman–Crippen LogP) is 4.74. The zero-order valence-corrected chi connectivity index (χ0v) is 17.2. The van der Waals surface area contributed by atoms with E-state index in [0.717, 1.165) is 48.2 Å². The van der Waals surface area contributed by atoms with Gasteiger partial charge in [0.25, 0.3) is 5.91 Å². The third-order valence-electron chi connectivity index (χ3n) is 6.47. The maximum atomic E-state index is 15.2. The van der Waals surface area contributed by atoms with Crippen molar-refractivity contribution in [1.29, 1.82) is 5.26 Å². The first-order valence-electron chi connectivity index (χ1n) is 10.8. The van der Waals surface area contributed by atoms with Gasteiger partial charge in [0, 0.05) is 31.3 Å². The monoisotopic (exact) mass is 414 g/mol. The lowest BCUT2D eigenvalue weighted by Gasteiger charge is -2.28. The third-order valence-corrected chi connectivity index (χ3v) is 6.47. The molecule has 156 valence electrons. The summed E-state index contributed by atoms with van der Waals surface area (Å²) >= 11 is 0. The highest BCUT2D eigenvalue weighted by molar-refractivity contribution is 5.96. The molecule has 1 aliphatic heterocycles. The molecular weight excluding hydrogens is 391 g/mol. The summed E-state index contributed by atoms with van der Waals surface area (Å²) in [5.74, 6) is -0.820. The average molecular weight is 414 g/mol. The largest absolute Gasteiger partial charge is 0.334 e. The highest BCUT2D eigenvalue weighted by atomic mass is 19.1. The number of hydrogen-bond donors (Lipinski definition) is 0. The molecule has 0 atom stereocenters. The maximum Gasteiger partial charge on any atom is 0.257 e. The summed E-state index contributed by atoms with van der Waals surface area (Å²) in [4.78, 5) is 15.2. The Kier molecular flexibility index (Phi) is 5.03. The van der Waals surface area contributed by atoms with Gasteiger partial charge < -0.3 is 4.90 Å². The Hall–Kier alpha value is -3.46. The fourth-order valence-corrected chi connectivity index (χ4v) is 4.83. The van der Waals surface area contributed by atoms with Gasteiger partial charge in [-0.2, -0.15) is 10.4 Å². The van der Waals surface area contributed by atoms with E-state index < -0.39 is 5.82 Å². The van der Waals surface area contributed by atoms with Crippen LogP contribution in [0.2, 0.25) is 0 Å². The average Bonchev–Trinajstić information content (AvgIpc) is 3.48. The Morgan fingerprint density at radius 1 is 1.13 bits per heavy atom. The molecule has 0 saturated heterocycles. The number of carbonyl (C=O) groups is 1. The van der Waals surface area contributed by atoms with Crippen molar-refractivity contribution in [3.05, 3.63) is 82.4 Å². The summed E-state index contributed by atoms with van der Waals surface area (Å²) < 4.78 is 17.1. The van der Waals surface area contributed by atoms with E-state index in [9.17, 15) is 10.1 Å². The van der Waals surface area contributed by atoms with Crippen molar-refractivity contribution in [2.24, 2.45) is 0 Å². The molecule has 2 aromatic carbocycles. The highest BCUT2D eigenvalue weighted by Gasteiger charge is 2.31. The molecular formula is C25H23FN4O. The molecule has 1 aromatic heterocycles. The molecule has 1 saturated carbocycles. The lowest BCUT2D eigenvalue weighted by Crippen LogP contribution is -2.37. The Balaban J connectivity index is 1.47. The van der Waals surface area contributed by atoms with Crippen LogP contribution in [0.3, 0.4) is 0 Å². The first-order valence-corrected chi connectivity index (χ1v) is 10.8. The molecule has 0 spiro atoms. The summed E-state index contributed by atoms with van der Waals surface area (Å²) in [5.41, 5.74) is 3.68. The first kappa shape index (κ1) is 19.5. The second-order valence-electron chi connectivity index (χ2n) is 8.34. The Bertz CT molecular complexity index is 1170. The topological polar surface area (TPSA) is 61.9 Å². The van der Waals surface area contributed by atoms with Crippen LogP contribution in [-0.2, 0) is 13.0 Å². The number of rotatable bonds is 3. The quantitative estimate of drug-likeness (QED) is 0.622. The van der Waals surface area contributed by atoms with Gasteiger partial charge in [-0.3, -0.25) is 4.79 Å². The summed E-state index contributed by atoms with van der Waals surface area (Å²) in [7, 11) is 0. The standard InChI is InChI=1S/C25H23FN4O/c26-24-18(14-27)10-11-21(17-6-4-5-7-17)23(24)25(31)29-13-12-22-19(15-29)16-30(28-22)20-8-2-1-3-9-20/h1-3,8-11,16-17H,4-7,12-13,15H2. The maximum absolute atomic E-state index is 15.2. The van der Waals surface area contributed by atoms with Crippen LogP contribution >= 0.6 is 0 Å². The normalized spacial score (nSPS) is 16.2. The van der Waals surface area contributed by atoms with Crippen LogP contribution in [0.5, 0.6) is 0 Å². The van der Waals surface area contributed by atoms with Crippen molar-refractivity contribution in [2.45, 2.75) is 44.6 Å². The number of nitriles is 1. The summed E-state index contributed by atoms with van der Waals surface area (Å²) in [6.07, 6.45) is 6.67. The second kappa shape index (κ2) is 7.99. The van der Waals surface area contributed by atoms with Gasteiger partial charge in [0.05, 0.1) is 22.5 Å². The van der Waals surface area contributed by atoms with Crippen LogP contribution in [0.4, 0.5) is 4.39 Å². The molecule has 0 radical (unpaired) electrons. The number of para-hydroxylation sites is 1. The lowest BCUT2D eigenvalue weighted by molar-refractivity contribution is 0.0727. The van der Waals surface area contributed by atoms with Gasteiger partial charge in [0.15, 0.2) is 5.82 Å². The van der Waals surface area contributed by atoms with E-state index in [1.807, 2.05) is 47.3 Å². The van der Waals surface area contributed by atoms with Gasteiger partial charge in [-0.15, -0.1) is 0 Å². The molecule has 1 amide bonds. The lowest BCUT2D eigenvalue weighted by atomic mass is 9.90. The smallest absolute Gasteiger partial charge is 0.257 e. The molecule has 2 aliphatic rings. The number of aromatic nitrogens is 2. The predicted molar refractivity (Wildman–Crippen MR) is 114 cm³/mol. The fourth-order valence-electron chi connectivity index (χ4n) is 4.83. The van der Waals surface area contributed by atoms with E-state index in [4.69, 9.17) is 0 Å². The minimum atomic E-state index is -0.678. The number of hydrogen-bond acceptors (Lipinski definition) is 3. The highest BCUT2D eigenvalue weighted by Crippen LogP contribution is 2.38. The molecule has 1 fully saturated rings. The number of carbonyl (C=O) groups excluding carboxylic acids is 1. The van der Waals surface area contributed by atoms with Crippen LogP contribution in [0.1, 0.15) is 64.3 Å². The summed E-state index contributed by atoms with van der Waals surface area (Å²) in [6, 6.07) is 15.0.